The molecule has 1 amide bonds. The molecule has 4 fully saturated rings. The predicted molar refractivity (Wildman–Crippen MR) is 149 cm³/mol. The van der Waals surface area contributed by atoms with E-state index in [0.717, 1.165) is 52.4 Å². The zero-order valence-corrected chi connectivity index (χ0v) is 22.7. The normalized spacial score (nSPS) is 23.6. The Morgan fingerprint density at radius 2 is 1.26 bits per heavy atom. The summed E-state index contributed by atoms with van der Waals surface area (Å²) in [6, 6.07) is 21.5. The van der Waals surface area contributed by atoms with E-state index in [1.807, 2.05) is 0 Å². The first-order valence-corrected chi connectivity index (χ1v) is 14.3. The van der Waals surface area contributed by atoms with E-state index in [9.17, 15) is 9.90 Å². The number of nitrogens with one attached hydrogen (secondary N) is 1. The lowest BCUT2D eigenvalue weighted by molar-refractivity contribution is -0.120. The van der Waals surface area contributed by atoms with Gasteiger partial charge in [-0.3, -0.25) is 14.7 Å². The van der Waals surface area contributed by atoms with Crippen molar-refractivity contribution in [1.29, 1.82) is 0 Å². The Kier molecular flexibility index (Phi) is 7.88. The van der Waals surface area contributed by atoms with E-state index in [-0.39, 0.29) is 17.1 Å². The summed E-state index contributed by atoms with van der Waals surface area (Å²) >= 11 is 0. The first kappa shape index (κ1) is 26.7. The minimum absolute atomic E-state index is 0.135. The molecule has 4 heterocycles. The Labute approximate surface area is 231 Å². The topological polar surface area (TPSA) is 80.8 Å². The molecule has 6 rings (SSSR count). The lowest BCUT2D eigenvalue weighted by Gasteiger charge is -2.61. The van der Waals surface area contributed by atoms with E-state index in [2.05, 4.69) is 80.7 Å². The van der Waals surface area contributed by atoms with Crippen LogP contribution in [0, 0.1) is 0 Å². The van der Waals surface area contributed by atoms with Crippen LogP contribution in [0.1, 0.15) is 17.2 Å². The molecule has 0 atom stereocenters. The van der Waals surface area contributed by atoms with Crippen molar-refractivity contribution in [2.24, 2.45) is 0 Å². The number of rotatable bonds is 9. The zero-order chi connectivity index (χ0) is 26.7. The molecule has 4 aliphatic rings. The van der Waals surface area contributed by atoms with Crippen LogP contribution in [-0.4, -0.2) is 134 Å². The van der Waals surface area contributed by atoms with Crippen LogP contribution in [0.15, 0.2) is 60.7 Å². The Bertz CT molecular complexity index is 1040. The highest BCUT2D eigenvalue weighted by molar-refractivity contribution is 5.65. The summed E-state index contributed by atoms with van der Waals surface area (Å²) in [5, 5.41) is 13.9. The van der Waals surface area contributed by atoms with Gasteiger partial charge in [-0.05, 0) is 11.1 Å². The molecule has 9 heteroatoms. The quantitative estimate of drug-likeness (QED) is 0.504. The molecule has 0 aliphatic carbocycles. The minimum Gasteiger partial charge on any atom is -0.465 e. The van der Waals surface area contributed by atoms with E-state index in [4.69, 9.17) is 9.47 Å². The van der Waals surface area contributed by atoms with Gasteiger partial charge in [-0.1, -0.05) is 60.7 Å². The number of amides is 1. The Morgan fingerprint density at radius 3 is 1.69 bits per heavy atom. The van der Waals surface area contributed by atoms with Gasteiger partial charge < -0.3 is 24.8 Å². The van der Waals surface area contributed by atoms with Gasteiger partial charge in [-0.2, -0.15) is 0 Å². The van der Waals surface area contributed by atoms with Crippen molar-refractivity contribution in [2.75, 3.05) is 91.9 Å². The molecule has 0 bridgehead atoms. The van der Waals surface area contributed by atoms with E-state index >= 15 is 0 Å². The Hall–Kier alpha value is -2.53. The van der Waals surface area contributed by atoms with Crippen molar-refractivity contribution < 1.29 is 19.4 Å². The van der Waals surface area contributed by atoms with Crippen molar-refractivity contribution >= 4 is 6.09 Å². The van der Waals surface area contributed by atoms with Gasteiger partial charge in [0.2, 0.25) is 0 Å². The largest absolute Gasteiger partial charge is 0.465 e. The molecule has 0 aromatic heterocycles. The minimum atomic E-state index is -0.830. The number of carbonyl (C=O) groups is 1. The fourth-order valence-electron chi connectivity index (χ4n) is 7.00. The highest BCUT2D eigenvalue weighted by Gasteiger charge is 2.53. The van der Waals surface area contributed by atoms with Gasteiger partial charge >= 0.3 is 6.09 Å². The van der Waals surface area contributed by atoms with Crippen LogP contribution in [-0.2, 0) is 9.47 Å². The molecule has 2 aromatic carbocycles. The molecular weight excluding hydrogens is 494 g/mol. The Balaban J connectivity index is 1.25. The van der Waals surface area contributed by atoms with Gasteiger partial charge in [0.05, 0.1) is 43.5 Å². The van der Waals surface area contributed by atoms with Gasteiger partial charge in [0.15, 0.2) is 0 Å². The van der Waals surface area contributed by atoms with E-state index in [1.165, 1.54) is 11.1 Å². The van der Waals surface area contributed by atoms with Crippen LogP contribution in [0.5, 0.6) is 0 Å². The fourth-order valence-corrected chi connectivity index (χ4v) is 7.00. The third-order valence-electron chi connectivity index (χ3n) is 9.10. The summed E-state index contributed by atoms with van der Waals surface area (Å²) in [6.45, 7) is 10.5. The predicted octanol–water partition coefficient (Wildman–Crippen LogP) is 1.82. The molecule has 2 aromatic rings. The van der Waals surface area contributed by atoms with Crippen LogP contribution in [0.3, 0.4) is 0 Å². The summed E-state index contributed by atoms with van der Waals surface area (Å²) < 4.78 is 11.3. The SMILES string of the molecule is O=C(O)N(CC1(N2CCOCC2)CNC1)CC1(N2CCOCC2)CN(C(c2ccccc2)c2ccccc2)C1. The second-order valence-electron chi connectivity index (χ2n) is 11.5. The second kappa shape index (κ2) is 11.5. The van der Waals surface area contributed by atoms with Gasteiger partial charge in [-0.15, -0.1) is 0 Å². The van der Waals surface area contributed by atoms with E-state index in [0.29, 0.717) is 39.5 Å². The number of ether oxygens (including phenoxy) is 2. The fraction of sp³-hybridized carbons (Fsp3) is 0.567. The number of carboxylic acid groups (broad SMARTS) is 1. The van der Waals surface area contributed by atoms with Crippen LogP contribution in [0.4, 0.5) is 4.79 Å². The summed E-state index contributed by atoms with van der Waals surface area (Å²) in [6.07, 6.45) is -0.830. The smallest absolute Gasteiger partial charge is 0.407 e. The first-order valence-electron chi connectivity index (χ1n) is 14.3. The van der Waals surface area contributed by atoms with Crippen molar-refractivity contribution in [2.45, 2.75) is 17.1 Å². The number of hydrogen-bond acceptors (Lipinski definition) is 7. The number of likely N-dealkylation sites (tertiary alicyclic amines) is 1. The molecule has 210 valence electrons. The maximum atomic E-state index is 12.8. The number of morpholine rings is 2. The van der Waals surface area contributed by atoms with E-state index < -0.39 is 6.09 Å². The lowest BCUT2D eigenvalue weighted by atomic mass is 9.81. The summed E-state index contributed by atoms with van der Waals surface area (Å²) in [4.78, 5) is 21.9. The molecule has 9 nitrogen and oxygen atoms in total. The maximum Gasteiger partial charge on any atom is 0.407 e. The highest BCUT2D eigenvalue weighted by Crippen LogP contribution is 2.40. The first-order chi connectivity index (χ1) is 19.1. The maximum absolute atomic E-state index is 12.8. The van der Waals surface area contributed by atoms with Gasteiger partial charge in [0.1, 0.15) is 0 Å². The molecule has 4 aliphatic heterocycles. The Morgan fingerprint density at radius 1 is 0.795 bits per heavy atom. The molecule has 2 N–H and O–H groups in total. The van der Waals surface area contributed by atoms with Gasteiger partial charge in [0, 0.05) is 65.4 Å². The van der Waals surface area contributed by atoms with Gasteiger partial charge in [0.25, 0.3) is 0 Å². The molecular formula is C30H41N5O4. The third kappa shape index (κ3) is 5.44. The summed E-state index contributed by atoms with van der Waals surface area (Å²) in [7, 11) is 0. The zero-order valence-electron chi connectivity index (χ0n) is 22.7. The van der Waals surface area contributed by atoms with Crippen molar-refractivity contribution in [3.8, 4) is 0 Å². The average Bonchev–Trinajstić information content (AvgIpc) is 2.94. The molecule has 0 saturated carbocycles. The molecule has 39 heavy (non-hydrogen) atoms. The molecule has 4 saturated heterocycles. The average molecular weight is 536 g/mol. The van der Waals surface area contributed by atoms with Crippen molar-refractivity contribution in [3.63, 3.8) is 0 Å². The number of nitrogens with zero attached hydrogens (tertiary/aromatic N) is 4. The molecule has 0 radical (unpaired) electrons. The summed E-state index contributed by atoms with van der Waals surface area (Å²) in [5.41, 5.74) is 2.13. The van der Waals surface area contributed by atoms with E-state index in [1.54, 1.807) is 4.90 Å². The van der Waals surface area contributed by atoms with Crippen LogP contribution in [0.25, 0.3) is 0 Å². The van der Waals surface area contributed by atoms with Crippen LogP contribution >= 0.6 is 0 Å². The van der Waals surface area contributed by atoms with Crippen molar-refractivity contribution in [3.05, 3.63) is 71.8 Å². The number of benzene rings is 2. The van der Waals surface area contributed by atoms with Crippen LogP contribution < -0.4 is 5.32 Å². The summed E-state index contributed by atoms with van der Waals surface area (Å²) in [5.74, 6) is 0. The van der Waals surface area contributed by atoms with Gasteiger partial charge in [-0.25, -0.2) is 4.79 Å². The highest BCUT2D eigenvalue weighted by atomic mass is 16.5. The second-order valence-corrected chi connectivity index (χ2v) is 11.5. The third-order valence-corrected chi connectivity index (χ3v) is 9.10. The van der Waals surface area contributed by atoms with Crippen molar-refractivity contribution in [1.82, 2.24) is 24.9 Å². The molecule has 0 unspecified atom stereocenters. The number of hydrogen-bond donors (Lipinski definition) is 2. The monoisotopic (exact) mass is 535 g/mol. The van der Waals surface area contributed by atoms with Crippen LogP contribution in [0.2, 0.25) is 0 Å². The molecule has 0 spiro atoms. The standard InChI is InChI=1S/C30H41N5O4/c36-28(37)33(21-29(19-31-20-29)34-11-15-38-16-12-34)24-30(35-13-17-39-18-14-35)22-32(23-30)27(25-7-3-1-4-8-25)26-9-5-2-6-10-26/h1-10,27,31H,11-24H2,(H,36,37). The lowest BCUT2D eigenvalue weighted by Crippen LogP contribution is -2.78.